The summed E-state index contributed by atoms with van der Waals surface area (Å²) >= 11 is 0. The summed E-state index contributed by atoms with van der Waals surface area (Å²) in [4.78, 5) is 11.0. The molecule has 1 aliphatic rings. The molecule has 4 rings (SSSR count). The second-order valence-corrected chi connectivity index (χ2v) is 7.05. The first-order valence-electron chi connectivity index (χ1n) is 9.27. The second-order valence-electron chi connectivity index (χ2n) is 7.05. The predicted octanol–water partition coefficient (Wildman–Crippen LogP) is 5.87. The topological polar surface area (TPSA) is 59.7 Å². The van der Waals surface area contributed by atoms with E-state index in [1.165, 1.54) is 6.42 Å². The standard InChI is InChI=1S/C23H22O4/c1-15-20(14-21(26-15)16-6-3-2-4-7-16)22(17-8-5-9-17)27-19-12-10-18(11-13-19)23(24)25/h2-4,6-7,10-14,17,22H,5,8-9H2,1H3,(H,24,25). The van der Waals surface area contributed by atoms with Gasteiger partial charge in [0.25, 0.3) is 0 Å². The predicted molar refractivity (Wildman–Crippen MR) is 103 cm³/mol. The van der Waals surface area contributed by atoms with Gasteiger partial charge in [-0.2, -0.15) is 0 Å². The van der Waals surface area contributed by atoms with Gasteiger partial charge in [0.05, 0.1) is 5.56 Å². The van der Waals surface area contributed by atoms with Crippen LogP contribution in [0.2, 0.25) is 0 Å². The van der Waals surface area contributed by atoms with E-state index in [0.717, 1.165) is 35.5 Å². The minimum Gasteiger partial charge on any atom is -0.485 e. The summed E-state index contributed by atoms with van der Waals surface area (Å²) in [6.45, 7) is 1.98. The van der Waals surface area contributed by atoms with Gasteiger partial charge in [0.1, 0.15) is 23.4 Å². The Bertz CT molecular complexity index is 921. The number of furan rings is 1. The van der Waals surface area contributed by atoms with Crippen molar-refractivity contribution in [2.45, 2.75) is 32.3 Å². The minimum atomic E-state index is -0.935. The first-order valence-corrected chi connectivity index (χ1v) is 9.27. The van der Waals surface area contributed by atoms with Gasteiger partial charge in [0, 0.05) is 17.0 Å². The molecule has 1 atom stereocenters. The van der Waals surface area contributed by atoms with E-state index in [1.807, 2.05) is 37.3 Å². The van der Waals surface area contributed by atoms with Crippen molar-refractivity contribution in [1.82, 2.24) is 0 Å². The lowest BCUT2D eigenvalue weighted by molar-refractivity contribution is 0.0696. The first-order chi connectivity index (χ1) is 13.1. The van der Waals surface area contributed by atoms with Gasteiger partial charge in [-0.15, -0.1) is 0 Å². The molecule has 1 saturated carbocycles. The number of rotatable bonds is 6. The molecule has 0 aliphatic heterocycles. The molecule has 138 valence electrons. The average Bonchev–Trinajstić information content (AvgIpc) is 3.02. The molecule has 0 amide bonds. The zero-order valence-electron chi connectivity index (χ0n) is 15.2. The molecule has 1 fully saturated rings. The van der Waals surface area contributed by atoms with Crippen LogP contribution in [-0.2, 0) is 0 Å². The lowest BCUT2D eigenvalue weighted by atomic mass is 9.78. The summed E-state index contributed by atoms with van der Waals surface area (Å²) in [6, 6.07) is 18.7. The highest BCUT2D eigenvalue weighted by Crippen LogP contribution is 2.43. The average molecular weight is 362 g/mol. The monoisotopic (exact) mass is 362 g/mol. The third-order valence-electron chi connectivity index (χ3n) is 5.26. The first kappa shape index (κ1) is 17.4. The van der Waals surface area contributed by atoms with Crippen molar-refractivity contribution in [3.8, 4) is 17.1 Å². The number of carboxylic acids is 1. The van der Waals surface area contributed by atoms with Crippen LogP contribution < -0.4 is 4.74 Å². The van der Waals surface area contributed by atoms with Crippen molar-refractivity contribution in [3.63, 3.8) is 0 Å². The fourth-order valence-electron chi connectivity index (χ4n) is 3.50. The highest BCUT2D eigenvalue weighted by molar-refractivity contribution is 5.87. The minimum absolute atomic E-state index is 0.0874. The summed E-state index contributed by atoms with van der Waals surface area (Å²) in [6.07, 6.45) is 3.38. The van der Waals surface area contributed by atoms with E-state index in [9.17, 15) is 4.79 Å². The number of carboxylic acid groups (broad SMARTS) is 1. The van der Waals surface area contributed by atoms with Gasteiger partial charge in [0.2, 0.25) is 0 Å². The van der Waals surface area contributed by atoms with Crippen molar-refractivity contribution in [3.05, 3.63) is 77.6 Å². The van der Waals surface area contributed by atoms with Crippen molar-refractivity contribution >= 4 is 5.97 Å². The summed E-state index contributed by atoms with van der Waals surface area (Å²) in [5.74, 6) is 1.91. The van der Waals surface area contributed by atoms with Crippen LogP contribution in [0.4, 0.5) is 0 Å². The number of aryl methyl sites for hydroxylation is 1. The van der Waals surface area contributed by atoms with E-state index in [2.05, 4.69) is 6.07 Å². The van der Waals surface area contributed by atoms with Crippen LogP contribution in [0.3, 0.4) is 0 Å². The van der Waals surface area contributed by atoms with Crippen molar-refractivity contribution in [2.24, 2.45) is 5.92 Å². The van der Waals surface area contributed by atoms with Crippen molar-refractivity contribution in [2.75, 3.05) is 0 Å². The van der Waals surface area contributed by atoms with Gasteiger partial charge in [-0.3, -0.25) is 0 Å². The smallest absolute Gasteiger partial charge is 0.335 e. The molecule has 2 aromatic carbocycles. The zero-order valence-corrected chi connectivity index (χ0v) is 15.2. The van der Waals surface area contributed by atoms with E-state index >= 15 is 0 Å². The molecular weight excluding hydrogens is 340 g/mol. The van der Waals surface area contributed by atoms with Crippen molar-refractivity contribution < 1.29 is 19.1 Å². The molecule has 4 nitrogen and oxygen atoms in total. The molecule has 1 N–H and O–H groups in total. The summed E-state index contributed by atoms with van der Waals surface area (Å²) in [5.41, 5.74) is 2.37. The maximum Gasteiger partial charge on any atom is 0.335 e. The summed E-state index contributed by atoms with van der Waals surface area (Å²) in [5, 5.41) is 9.07. The van der Waals surface area contributed by atoms with Gasteiger partial charge >= 0.3 is 5.97 Å². The molecule has 0 saturated heterocycles. The molecule has 1 aliphatic carbocycles. The number of benzene rings is 2. The van der Waals surface area contributed by atoms with Crippen LogP contribution in [0.25, 0.3) is 11.3 Å². The number of hydrogen-bond donors (Lipinski definition) is 1. The van der Waals surface area contributed by atoms with E-state index < -0.39 is 5.97 Å². The highest BCUT2D eigenvalue weighted by Gasteiger charge is 2.33. The normalized spacial score (nSPS) is 15.1. The number of hydrogen-bond acceptors (Lipinski definition) is 3. The molecular formula is C23H22O4. The molecule has 0 spiro atoms. The van der Waals surface area contributed by atoms with E-state index in [1.54, 1.807) is 24.3 Å². The molecule has 1 unspecified atom stereocenters. The van der Waals surface area contributed by atoms with E-state index in [4.69, 9.17) is 14.3 Å². The van der Waals surface area contributed by atoms with Gasteiger partial charge in [-0.1, -0.05) is 36.8 Å². The number of carbonyl (C=O) groups is 1. The molecule has 0 radical (unpaired) electrons. The van der Waals surface area contributed by atoms with Crippen LogP contribution in [0.15, 0.2) is 65.1 Å². The maximum absolute atomic E-state index is 11.0. The highest BCUT2D eigenvalue weighted by atomic mass is 16.5. The van der Waals surface area contributed by atoms with Crippen LogP contribution in [-0.4, -0.2) is 11.1 Å². The third-order valence-corrected chi connectivity index (χ3v) is 5.26. The zero-order chi connectivity index (χ0) is 18.8. The Morgan fingerprint density at radius 3 is 2.41 bits per heavy atom. The van der Waals surface area contributed by atoms with Crippen LogP contribution >= 0.6 is 0 Å². The summed E-state index contributed by atoms with van der Waals surface area (Å²) < 4.78 is 12.3. The maximum atomic E-state index is 11.0. The van der Waals surface area contributed by atoms with Gasteiger partial charge in [0.15, 0.2) is 0 Å². The largest absolute Gasteiger partial charge is 0.485 e. The number of ether oxygens (including phenoxy) is 1. The van der Waals surface area contributed by atoms with Crippen LogP contribution in [0, 0.1) is 12.8 Å². The molecule has 4 heteroatoms. The van der Waals surface area contributed by atoms with Gasteiger partial charge < -0.3 is 14.3 Å². The Morgan fingerprint density at radius 2 is 1.81 bits per heavy atom. The molecule has 3 aromatic rings. The van der Waals surface area contributed by atoms with E-state index in [-0.39, 0.29) is 11.7 Å². The Balaban J connectivity index is 1.63. The Hall–Kier alpha value is -3.01. The van der Waals surface area contributed by atoms with Crippen LogP contribution in [0.1, 0.15) is 47.0 Å². The molecule has 27 heavy (non-hydrogen) atoms. The van der Waals surface area contributed by atoms with E-state index in [0.29, 0.717) is 11.7 Å². The second kappa shape index (κ2) is 7.31. The SMILES string of the molecule is Cc1oc(-c2ccccc2)cc1C(Oc1ccc(C(=O)O)cc1)C1CCC1. The molecule has 1 aromatic heterocycles. The van der Waals surface area contributed by atoms with Crippen molar-refractivity contribution in [1.29, 1.82) is 0 Å². The fourth-order valence-corrected chi connectivity index (χ4v) is 3.50. The fraction of sp³-hybridized carbons (Fsp3) is 0.261. The Kier molecular flexibility index (Phi) is 4.71. The quantitative estimate of drug-likeness (QED) is 0.595. The van der Waals surface area contributed by atoms with Gasteiger partial charge in [-0.25, -0.2) is 4.79 Å². The van der Waals surface area contributed by atoms with Crippen LogP contribution in [0.5, 0.6) is 5.75 Å². The van der Waals surface area contributed by atoms with Gasteiger partial charge in [-0.05, 0) is 50.1 Å². The molecule has 1 heterocycles. The Morgan fingerprint density at radius 1 is 1.11 bits per heavy atom. The summed E-state index contributed by atoms with van der Waals surface area (Å²) in [7, 11) is 0. The third kappa shape index (κ3) is 3.61. The molecule has 0 bridgehead atoms. The Labute approximate surface area is 158 Å². The number of aromatic carboxylic acids is 1. The lowest BCUT2D eigenvalue weighted by Gasteiger charge is -2.33. The lowest BCUT2D eigenvalue weighted by Crippen LogP contribution is -2.25.